The first-order chi connectivity index (χ1) is 11.8. The first kappa shape index (κ1) is 15.4. The Balaban J connectivity index is 1.45. The molecule has 1 saturated heterocycles. The molecule has 126 valence electrons. The number of nitrogens with zero attached hydrogens (tertiary/aromatic N) is 2. The highest BCUT2D eigenvalue weighted by molar-refractivity contribution is 7.13. The molecule has 3 heterocycles. The predicted octanol–water partition coefficient (Wildman–Crippen LogP) is 2.69. The maximum absolute atomic E-state index is 12.2. The van der Waals surface area contributed by atoms with Gasteiger partial charge in [0, 0.05) is 17.6 Å². The number of hydrogen-bond donors (Lipinski definition) is 1. The van der Waals surface area contributed by atoms with E-state index in [2.05, 4.69) is 27.3 Å². The lowest BCUT2D eigenvalue weighted by molar-refractivity contribution is -0.117. The van der Waals surface area contributed by atoms with E-state index in [1.54, 1.807) is 6.20 Å². The number of anilines is 1. The summed E-state index contributed by atoms with van der Waals surface area (Å²) in [6.07, 6.45) is 3.82. The zero-order chi connectivity index (χ0) is 16.4. The van der Waals surface area contributed by atoms with Crippen molar-refractivity contribution in [3.8, 4) is 11.5 Å². The molecule has 24 heavy (non-hydrogen) atoms. The van der Waals surface area contributed by atoms with Crippen molar-refractivity contribution in [2.75, 3.05) is 31.6 Å². The van der Waals surface area contributed by atoms with E-state index < -0.39 is 0 Å². The van der Waals surface area contributed by atoms with E-state index in [1.165, 1.54) is 16.9 Å². The standard InChI is InChI=1S/C17H19N3O3S/c21-16(19-17-18-5-9-24-17)11-20-6-1-2-13(20)12-3-4-14-15(10-12)23-8-7-22-14/h3-5,9-10,13H,1-2,6-8,11H2,(H,18,19,21). The molecule has 2 aromatic rings. The normalized spacial score (nSPS) is 20.1. The van der Waals surface area contributed by atoms with Crippen LogP contribution in [0.5, 0.6) is 11.5 Å². The number of carbonyl (C=O) groups is 1. The van der Waals surface area contributed by atoms with Gasteiger partial charge in [0.2, 0.25) is 5.91 Å². The zero-order valence-corrected chi connectivity index (χ0v) is 14.1. The minimum atomic E-state index is -0.0191. The van der Waals surface area contributed by atoms with Gasteiger partial charge in [-0.05, 0) is 37.1 Å². The smallest absolute Gasteiger partial charge is 0.240 e. The second kappa shape index (κ2) is 6.78. The summed E-state index contributed by atoms with van der Waals surface area (Å²) in [7, 11) is 0. The van der Waals surface area contributed by atoms with Crippen LogP contribution in [0.25, 0.3) is 0 Å². The number of carbonyl (C=O) groups excluding carboxylic acids is 1. The average molecular weight is 345 g/mol. The molecule has 0 saturated carbocycles. The first-order valence-corrected chi connectivity index (χ1v) is 9.00. The summed E-state index contributed by atoms with van der Waals surface area (Å²) in [6.45, 7) is 2.48. The van der Waals surface area contributed by atoms with E-state index in [0.717, 1.165) is 30.9 Å². The molecule has 0 radical (unpaired) electrons. The molecule has 2 aliphatic rings. The minimum Gasteiger partial charge on any atom is -0.486 e. The van der Waals surface area contributed by atoms with Crippen molar-refractivity contribution >= 4 is 22.4 Å². The molecule has 2 aliphatic heterocycles. The summed E-state index contributed by atoms with van der Waals surface area (Å²) in [4.78, 5) is 18.6. The Morgan fingerprint density at radius 2 is 2.21 bits per heavy atom. The van der Waals surface area contributed by atoms with Gasteiger partial charge in [-0.15, -0.1) is 11.3 Å². The average Bonchev–Trinajstić information content (AvgIpc) is 3.26. The molecule has 1 unspecified atom stereocenters. The van der Waals surface area contributed by atoms with Crippen LogP contribution in [0, 0.1) is 0 Å². The van der Waals surface area contributed by atoms with Gasteiger partial charge in [-0.2, -0.15) is 0 Å². The van der Waals surface area contributed by atoms with Crippen molar-refractivity contribution in [2.45, 2.75) is 18.9 Å². The first-order valence-electron chi connectivity index (χ1n) is 8.12. The summed E-state index contributed by atoms with van der Waals surface area (Å²) >= 11 is 1.43. The van der Waals surface area contributed by atoms with Crippen LogP contribution in [0.4, 0.5) is 5.13 Å². The lowest BCUT2D eigenvalue weighted by atomic mass is 10.0. The number of fused-ring (bicyclic) bond motifs is 1. The van der Waals surface area contributed by atoms with Crippen molar-refractivity contribution in [3.63, 3.8) is 0 Å². The highest BCUT2D eigenvalue weighted by atomic mass is 32.1. The van der Waals surface area contributed by atoms with Gasteiger partial charge in [0.15, 0.2) is 16.6 Å². The lowest BCUT2D eigenvalue weighted by Gasteiger charge is -2.26. The second-order valence-electron chi connectivity index (χ2n) is 5.92. The van der Waals surface area contributed by atoms with Crippen LogP contribution in [0.2, 0.25) is 0 Å². The highest BCUT2D eigenvalue weighted by Gasteiger charge is 2.28. The molecule has 1 atom stereocenters. The molecule has 4 rings (SSSR count). The third-order valence-electron chi connectivity index (χ3n) is 4.34. The topological polar surface area (TPSA) is 63.7 Å². The van der Waals surface area contributed by atoms with Gasteiger partial charge >= 0.3 is 0 Å². The van der Waals surface area contributed by atoms with Crippen LogP contribution in [0.15, 0.2) is 29.8 Å². The van der Waals surface area contributed by atoms with Gasteiger partial charge in [0.1, 0.15) is 13.2 Å². The van der Waals surface area contributed by atoms with Gasteiger partial charge < -0.3 is 14.8 Å². The molecule has 1 N–H and O–H groups in total. The molecule has 0 bridgehead atoms. The highest BCUT2D eigenvalue weighted by Crippen LogP contribution is 2.37. The van der Waals surface area contributed by atoms with E-state index >= 15 is 0 Å². The third-order valence-corrected chi connectivity index (χ3v) is 5.03. The summed E-state index contributed by atoms with van der Waals surface area (Å²) in [5.41, 5.74) is 1.18. The molecule has 0 spiro atoms. The van der Waals surface area contributed by atoms with Crippen LogP contribution in [0.3, 0.4) is 0 Å². The van der Waals surface area contributed by atoms with E-state index in [1.807, 2.05) is 11.4 Å². The Bertz CT molecular complexity index is 720. The SMILES string of the molecule is O=C(CN1CCCC1c1ccc2c(c1)OCCO2)Nc1nccs1. The van der Waals surface area contributed by atoms with Crippen molar-refractivity contribution < 1.29 is 14.3 Å². The number of thiazole rings is 1. The van der Waals surface area contributed by atoms with E-state index in [9.17, 15) is 4.79 Å². The van der Waals surface area contributed by atoms with Crippen LogP contribution in [-0.4, -0.2) is 42.1 Å². The Kier molecular flexibility index (Phi) is 4.36. The zero-order valence-electron chi connectivity index (χ0n) is 13.2. The third kappa shape index (κ3) is 3.22. The molecule has 1 aromatic carbocycles. The Morgan fingerprint density at radius 3 is 3.04 bits per heavy atom. The Labute approximate surface area is 144 Å². The fraction of sp³-hybridized carbons (Fsp3) is 0.412. The quantitative estimate of drug-likeness (QED) is 0.923. The number of rotatable bonds is 4. The number of nitrogens with one attached hydrogen (secondary N) is 1. The maximum atomic E-state index is 12.2. The summed E-state index contributed by atoms with van der Waals surface area (Å²) in [5.74, 6) is 1.59. The van der Waals surface area contributed by atoms with Crippen LogP contribution in [-0.2, 0) is 4.79 Å². The largest absolute Gasteiger partial charge is 0.486 e. The molecule has 0 aliphatic carbocycles. The fourth-order valence-electron chi connectivity index (χ4n) is 3.29. The number of hydrogen-bond acceptors (Lipinski definition) is 6. The van der Waals surface area contributed by atoms with E-state index in [4.69, 9.17) is 9.47 Å². The monoisotopic (exact) mass is 345 g/mol. The van der Waals surface area contributed by atoms with Gasteiger partial charge in [-0.3, -0.25) is 9.69 Å². The van der Waals surface area contributed by atoms with Gasteiger partial charge in [-0.25, -0.2) is 4.98 Å². The molecule has 1 aromatic heterocycles. The molecule has 1 amide bonds. The Morgan fingerprint density at radius 1 is 1.33 bits per heavy atom. The van der Waals surface area contributed by atoms with Crippen molar-refractivity contribution in [2.24, 2.45) is 0 Å². The van der Waals surface area contributed by atoms with Crippen LogP contribution in [0.1, 0.15) is 24.4 Å². The van der Waals surface area contributed by atoms with Crippen LogP contribution >= 0.6 is 11.3 Å². The molecule has 1 fully saturated rings. The minimum absolute atomic E-state index is 0.0191. The second-order valence-corrected chi connectivity index (χ2v) is 6.81. The fourth-order valence-corrected chi connectivity index (χ4v) is 3.83. The molecular formula is C17H19N3O3S. The predicted molar refractivity (Wildman–Crippen MR) is 91.7 cm³/mol. The van der Waals surface area contributed by atoms with Crippen molar-refractivity contribution in [1.29, 1.82) is 0 Å². The van der Waals surface area contributed by atoms with Gasteiger partial charge in [0.25, 0.3) is 0 Å². The summed E-state index contributed by atoms with van der Waals surface area (Å²) in [5, 5.41) is 5.35. The summed E-state index contributed by atoms with van der Waals surface area (Å²) < 4.78 is 11.3. The van der Waals surface area contributed by atoms with E-state index in [-0.39, 0.29) is 11.9 Å². The molecule has 7 heteroatoms. The Hall–Kier alpha value is -2.12. The van der Waals surface area contributed by atoms with Crippen molar-refractivity contribution in [1.82, 2.24) is 9.88 Å². The van der Waals surface area contributed by atoms with Crippen LogP contribution < -0.4 is 14.8 Å². The lowest BCUT2D eigenvalue weighted by Crippen LogP contribution is -2.33. The maximum Gasteiger partial charge on any atom is 0.240 e. The molecular weight excluding hydrogens is 326 g/mol. The van der Waals surface area contributed by atoms with Crippen molar-refractivity contribution in [3.05, 3.63) is 35.3 Å². The van der Waals surface area contributed by atoms with E-state index in [0.29, 0.717) is 24.9 Å². The van der Waals surface area contributed by atoms with Gasteiger partial charge in [0.05, 0.1) is 6.54 Å². The number of aromatic nitrogens is 1. The number of amides is 1. The van der Waals surface area contributed by atoms with Gasteiger partial charge in [-0.1, -0.05) is 6.07 Å². The number of benzene rings is 1. The number of ether oxygens (including phenoxy) is 2. The summed E-state index contributed by atoms with van der Waals surface area (Å²) in [6, 6.07) is 6.34. The molecule has 6 nitrogen and oxygen atoms in total. The number of likely N-dealkylation sites (tertiary alicyclic amines) is 1.